The smallest absolute Gasteiger partial charge is 0.249 e. The largest absolute Gasteiger partial charge is 0.495 e. The van der Waals surface area contributed by atoms with Crippen molar-refractivity contribution in [3.8, 4) is 5.75 Å². The lowest BCUT2D eigenvalue weighted by molar-refractivity contribution is -0.132. The monoisotopic (exact) mass is 212 g/mol. The highest BCUT2D eigenvalue weighted by Gasteiger charge is 2.27. The van der Waals surface area contributed by atoms with Crippen LogP contribution in [0.25, 0.3) is 0 Å². The Bertz CT molecular complexity index is 356. The van der Waals surface area contributed by atoms with E-state index in [0.29, 0.717) is 0 Å². The van der Waals surface area contributed by atoms with E-state index in [0.717, 1.165) is 0 Å². The number of nitrogens with two attached hydrogens (primary N) is 1. The number of aliphatic hydroxyl groups excluding tert-OH is 2. The number of carbonyl (C=O) groups excluding carboxylic acids is 1. The Morgan fingerprint density at radius 1 is 1.60 bits per heavy atom. The number of methoxy groups -OCH3 is 1. The number of hydrogen-bond donors (Lipinski definition) is 3. The Morgan fingerprint density at radius 3 is 2.80 bits per heavy atom. The van der Waals surface area contributed by atoms with Crippen LogP contribution in [0.15, 0.2) is 18.3 Å². The fraction of sp³-hybridized carbons (Fsp3) is 0.333. The van der Waals surface area contributed by atoms with E-state index in [1.165, 1.54) is 13.3 Å². The lowest BCUT2D eigenvalue weighted by Gasteiger charge is -2.16. The summed E-state index contributed by atoms with van der Waals surface area (Å²) in [5.74, 6) is -0.736. The molecule has 0 spiro atoms. The van der Waals surface area contributed by atoms with Gasteiger partial charge in [-0.3, -0.25) is 9.78 Å². The minimum atomic E-state index is -1.70. The molecule has 1 aromatic rings. The van der Waals surface area contributed by atoms with Gasteiger partial charge >= 0.3 is 0 Å². The number of hydrogen-bond acceptors (Lipinski definition) is 5. The number of amides is 1. The van der Waals surface area contributed by atoms with Gasteiger partial charge in [-0.15, -0.1) is 0 Å². The van der Waals surface area contributed by atoms with Crippen molar-refractivity contribution in [1.82, 2.24) is 4.98 Å². The van der Waals surface area contributed by atoms with Gasteiger partial charge in [0.15, 0.2) is 6.10 Å². The molecule has 1 aromatic heterocycles. The van der Waals surface area contributed by atoms with Gasteiger partial charge in [0.25, 0.3) is 0 Å². The van der Waals surface area contributed by atoms with Crippen molar-refractivity contribution in [3.05, 3.63) is 24.0 Å². The van der Waals surface area contributed by atoms with Crippen LogP contribution in [-0.4, -0.2) is 34.3 Å². The number of carbonyl (C=O) groups is 1. The van der Waals surface area contributed by atoms with Crippen LogP contribution in [0.4, 0.5) is 0 Å². The van der Waals surface area contributed by atoms with Crippen LogP contribution >= 0.6 is 0 Å². The Hall–Kier alpha value is -1.66. The molecule has 0 radical (unpaired) electrons. The van der Waals surface area contributed by atoms with Crippen LogP contribution in [0.1, 0.15) is 11.8 Å². The Labute approximate surface area is 86.3 Å². The van der Waals surface area contributed by atoms with Crippen LogP contribution in [0.3, 0.4) is 0 Å². The van der Waals surface area contributed by atoms with Crippen LogP contribution in [0, 0.1) is 0 Å². The van der Waals surface area contributed by atoms with Gasteiger partial charge in [0.1, 0.15) is 17.5 Å². The number of ether oxygens (including phenoxy) is 1. The molecule has 6 heteroatoms. The van der Waals surface area contributed by atoms with Crippen molar-refractivity contribution >= 4 is 5.91 Å². The van der Waals surface area contributed by atoms with E-state index < -0.39 is 18.1 Å². The zero-order valence-corrected chi connectivity index (χ0v) is 8.12. The molecule has 4 N–H and O–H groups in total. The number of primary amides is 1. The van der Waals surface area contributed by atoms with Crippen LogP contribution in [0.5, 0.6) is 5.75 Å². The number of aliphatic hydroxyl groups is 2. The van der Waals surface area contributed by atoms with E-state index in [1.54, 1.807) is 12.1 Å². The van der Waals surface area contributed by atoms with Gasteiger partial charge in [0.2, 0.25) is 5.91 Å². The van der Waals surface area contributed by atoms with Crippen LogP contribution in [0.2, 0.25) is 0 Å². The molecule has 0 aromatic carbocycles. The second-order valence-electron chi connectivity index (χ2n) is 2.88. The highest BCUT2D eigenvalue weighted by Crippen LogP contribution is 2.24. The Morgan fingerprint density at radius 2 is 2.27 bits per heavy atom. The molecular formula is C9H12N2O4. The third kappa shape index (κ3) is 2.42. The van der Waals surface area contributed by atoms with Crippen molar-refractivity contribution in [2.75, 3.05) is 7.11 Å². The van der Waals surface area contributed by atoms with Crippen molar-refractivity contribution in [2.24, 2.45) is 5.73 Å². The molecule has 0 fully saturated rings. The molecule has 1 rings (SSSR count). The van der Waals surface area contributed by atoms with E-state index in [2.05, 4.69) is 4.98 Å². The topological polar surface area (TPSA) is 106 Å². The molecule has 0 aliphatic rings. The van der Waals surface area contributed by atoms with Gasteiger partial charge < -0.3 is 20.7 Å². The first-order chi connectivity index (χ1) is 7.07. The molecule has 82 valence electrons. The highest BCUT2D eigenvalue weighted by molar-refractivity contribution is 5.79. The first-order valence-corrected chi connectivity index (χ1v) is 4.22. The molecule has 0 saturated heterocycles. The lowest BCUT2D eigenvalue weighted by atomic mass is 10.1. The molecule has 1 heterocycles. The summed E-state index contributed by atoms with van der Waals surface area (Å²) in [7, 11) is 1.39. The summed E-state index contributed by atoms with van der Waals surface area (Å²) in [5, 5.41) is 18.8. The third-order valence-electron chi connectivity index (χ3n) is 1.89. The lowest BCUT2D eigenvalue weighted by Crippen LogP contribution is -2.34. The SMILES string of the molecule is COc1cccnc1C(O)C(O)C(N)=O. The van der Waals surface area contributed by atoms with E-state index >= 15 is 0 Å². The van der Waals surface area contributed by atoms with Crippen molar-refractivity contribution in [2.45, 2.75) is 12.2 Å². The van der Waals surface area contributed by atoms with Gasteiger partial charge in [0, 0.05) is 6.20 Å². The summed E-state index contributed by atoms with van der Waals surface area (Å²) in [6, 6.07) is 3.16. The standard InChI is InChI=1S/C9H12N2O4/c1-15-5-3-2-4-11-6(5)7(12)8(13)9(10)14/h2-4,7-8,12-13H,1H3,(H2,10,14). The van der Waals surface area contributed by atoms with Gasteiger partial charge in [-0.05, 0) is 12.1 Å². The van der Waals surface area contributed by atoms with Gasteiger partial charge in [-0.1, -0.05) is 0 Å². The maximum Gasteiger partial charge on any atom is 0.249 e. The van der Waals surface area contributed by atoms with Gasteiger partial charge in [0.05, 0.1) is 7.11 Å². The van der Waals surface area contributed by atoms with E-state index in [4.69, 9.17) is 10.5 Å². The zero-order chi connectivity index (χ0) is 11.4. The molecular weight excluding hydrogens is 200 g/mol. The average molecular weight is 212 g/mol. The molecule has 2 unspecified atom stereocenters. The summed E-state index contributed by atoms with van der Waals surface area (Å²) in [4.78, 5) is 14.5. The van der Waals surface area contributed by atoms with E-state index in [1.807, 2.05) is 0 Å². The van der Waals surface area contributed by atoms with E-state index in [-0.39, 0.29) is 11.4 Å². The minimum absolute atomic E-state index is 0.0753. The van der Waals surface area contributed by atoms with Crippen LogP contribution in [-0.2, 0) is 4.79 Å². The molecule has 1 amide bonds. The van der Waals surface area contributed by atoms with Crippen molar-refractivity contribution in [3.63, 3.8) is 0 Å². The molecule has 0 bridgehead atoms. The van der Waals surface area contributed by atoms with Crippen LogP contribution < -0.4 is 10.5 Å². The summed E-state index contributed by atoms with van der Waals surface area (Å²) in [6.45, 7) is 0. The summed E-state index contributed by atoms with van der Waals surface area (Å²) in [6.07, 6.45) is -1.78. The third-order valence-corrected chi connectivity index (χ3v) is 1.89. The molecule has 2 atom stereocenters. The second kappa shape index (κ2) is 4.72. The maximum atomic E-state index is 10.7. The second-order valence-corrected chi connectivity index (χ2v) is 2.88. The number of aromatic nitrogens is 1. The first kappa shape index (κ1) is 11.4. The fourth-order valence-corrected chi connectivity index (χ4v) is 1.10. The zero-order valence-electron chi connectivity index (χ0n) is 8.12. The average Bonchev–Trinajstić information content (AvgIpc) is 2.26. The van der Waals surface area contributed by atoms with E-state index in [9.17, 15) is 15.0 Å². The molecule has 6 nitrogen and oxygen atoms in total. The van der Waals surface area contributed by atoms with Crippen molar-refractivity contribution in [1.29, 1.82) is 0 Å². The molecule has 15 heavy (non-hydrogen) atoms. The van der Waals surface area contributed by atoms with Crippen molar-refractivity contribution < 1.29 is 19.7 Å². The molecule has 0 aliphatic heterocycles. The summed E-state index contributed by atoms with van der Waals surface area (Å²) >= 11 is 0. The quantitative estimate of drug-likeness (QED) is 0.591. The Balaban J connectivity index is 2.99. The number of rotatable bonds is 4. The highest BCUT2D eigenvalue weighted by atomic mass is 16.5. The van der Waals surface area contributed by atoms with Gasteiger partial charge in [-0.25, -0.2) is 0 Å². The predicted octanol–water partition coefficient (Wildman–Crippen LogP) is -1.03. The summed E-state index contributed by atoms with van der Waals surface area (Å²) < 4.78 is 4.91. The molecule has 0 saturated carbocycles. The predicted molar refractivity (Wildman–Crippen MR) is 51.0 cm³/mol. The summed E-state index contributed by atoms with van der Waals surface area (Å²) in [5.41, 5.74) is 4.92. The fourth-order valence-electron chi connectivity index (χ4n) is 1.10. The number of pyridine rings is 1. The maximum absolute atomic E-state index is 10.7. The first-order valence-electron chi connectivity index (χ1n) is 4.22. The van der Waals surface area contributed by atoms with Gasteiger partial charge in [-0.2, -0.15) is 0 Å². The number of nitrogens with zero attached hydrogens (tertiary/aromatic N) is 1. The Kier molecular flexibility index (Phi) is 3.59. The minimum Gasteiger partial charge on any atom is -0.495 e. The normalized spacial score (nSPS) is 14.3. The molecule has 0 aliphatic carbocycles.